The average Bonchev–Trinajstić information content (AvgIpc) is 1.60. The van der Waals surface area contributed by atoms with Crippen molar-refractivity contribution in [2.75, 3.05) is 0 Å². The van der Waals surface area contributed by atoms with E-state index in [-0.39, 0.29) is 0 Å². The SMILES string of the molecule is CC.CC.CC.CC.CC.CC.CC.CC.CC.CC.CC.CC.CCc1ccc2c(c1)-c1cc3c(cc1C2)-c1cccc(C)c1C3.CCc1ccc2c(c1)-c1cc3c(cc1C2)-c1cccc(CC)c1C3.CCc1ccc2c(c1)-c1ccc3c(c1C2)Cc1ccc(C)cc1-3.CCc1ccc2c(c1)-c1ccc3c(c1C2)Cc1ccc(CC)cc1-3. The Morgan fingerprint density at radius 1 is 0.169 bits per heavy atom. The zero-order valence-corrected chi connectivity index (χ0v) is 80.4. The molecule has 0 amide bonds. The molecule has 0 N–H and O–H groups in total. The molecule has 118 heavy (non-hydrogen) atoms. The van der Waals surface area contributed by atoms with Crippen molar-refractivity contribution >= 4 is 0 Å². The van der Waals surface area contributed by atoms with Crippen LogP contribution < -0.4 is 0 Å². The minimum absolute atomic E-state index is 1.09. The first-order valence-electron chi connectivity index (χ1n) is 47.6. The molecule has 0 aliphatic heterocycles. The van der Waals surface area contributed by atoms with Crippen LogP contribution in [0.5, 0.6) is 0 Å². The van der Waals surface area contributed by atoms with E-state index in [4.69, 9.17) is 0 Å². The molecule has 0 saturated carbocycles. The van der Waals surface area contributed by atoms with E-state index in [0.29, 0.717) is 0 Å². The first-order chi connectivity index (χ1) is 58.0. The van der Waals surface area contributed by atoms with Crippen molar-refractivity contribution in [3.8, 4) is 89.0 Å². The molecule has 8 aliphatic rings. The fourth-order valence-electron chi connectivity index (χ4n) is 17.7. The van der Waals surface area contributed by atoms with Gasteiger partial charge in [0, 0.05) is 0 Å². The van der Waals surface area contributed by atoms with E-state index in [1.165, 1.54) is 195 Å². The molecule has 0 radical (unpaired) electrons. The summed E-state index contributed by atoms with van der Waals surface area (Å²) in [5.41, 5.74) is 59.3. The summed E-state index contributed by atoms with van der Waals surface area (Å²) < 4.78 is 0. The average molecular weight is 1570 g/mol. The standard InChI is InChI=1S/2C24H22.2C23H20.12C2H6/c1-3-15-5-7-17-13-23-19(21(17)11-15)9-10-20-22-12-16(4-2)6-8-18(22)14-24(20)23;1-3-15-8-9-17-11-18-12-23-19(14-24(18)21(17)10-15)13-22-16(4-2)6-5-7-20(22)23;1-3-15-5-7-17-13-23-19(21(17)11-15)9-8-18-20-10-14(2)4-6-16(20)12-22(18)23;1-3-15-7-8-16-10-17-12-22-18(13-23(17)21(16)9-15)11-20-14(2)5-4-6-19(20)22;12*1-2/h5-12H,3-4,13-14H2,1-2H3;5-10,12,14H,3-4,11,13H2,1-2H3;4-11H,3,12-13H2,1-2H3;4-9,12-13H,3,10-11H2,1-2H3;12*1-2H3. The van der Waals surface area contributed by atoms with Crippen LogP contribution in [-0.2, 0) is 89.9 Å². The number of aryl methyl sites for hydroxylation is 8. The molecule has 0 saturated heterocycles. The van der Waals surface area contributed by atoms with E-state index in [1.54, 1.807) is 27.8 Å². The molecule has 8 aliphatic carbocycles. The lowest BCUT2D eigenvalue weighted by atomic mass is 9.96. The lowest BCUT2D eigenvalue weighted by Crippen LogP contribution is -1.90. The summed E-state index contributed by atoms with van der Waals surface area (Å²) in [7, 11) is 0. The molecule has 0 spiro atoms. The van der Waals surface area contributed by atoms with Crippen LogP contribution in [0.25, 0.3) is 89.0 Å². The van der Waals surface area contributed by atoms with Gasteiger partial charge in [-0.1, -0.05) is 383 Å². The summed E-state index contributed by atoms with van der Waals surface area (Å²) in [5.74, 6) is 0. The lowest BCUT2D eigenvalue weighted by molar-refractivity contribution is 1.08. The van der Waals surface area contributed by atoms with Crippen LogP contribution in [0.1, 0.15) is 341 Å². The van der Waals surface area contributed by atoms with Crippen LogP contribution in [0.2, 0.25) is 0 Å². The molecule has 12 aromatic carbocycles. The normalized spacial score (nSPS) is 11.3. The Kier molecular flexibility index (Phi) is 41.9. The van der Waals surface area contributed by atoms with Crippen molar-refractivity contribution in [3.05, 3.63) is 328 Å². The Labute approximate surface area is 723 Å². The summed E-state index contributed by atoms with van der Waals surface area (Å²) in [6.45, 7) is 65.9. The van der Waals surface area contributed by atoms with Crippen LogP contribution in [0.3, 0.4) is 0 Å². The van der Waals surface area contributed by atoms with E-state index >= 15 is 0 Å². The van der Waals surface area contributed by atoms with Crippen LogP contribution in [0.15, 0.2) is 194 Å². The van der Waals surface area contributed by atoms with E-state index in [1.807, 2.05) is 166 Å². The van der Waals surface area contributed by atoms with E-state index in [2.05, 4.69) is 250 Å². The predicted octanol–water partition coefficient (Wildman–Crippen LogP) is 35.6. The predicted molar refractivity (Wildman–Crippen MR) is 534 cm³/mol. The maximum atomic E-state index is 2.48. The molecule has 0 fully saturated rings. The zero-order chi connectivity index (χ0) is 87.6. The molecule has 0 heterocycles. The van der Waals surface area contributed by atoms with Crippen LogP contribution >= 0.6 is 0 Å². The summed E-state index contributed by atoms with van der Waals surface area (Å²) in [4.78, 5) is 0. The highest BCUT2D eigenvalue weighted by molar-refractivity contribution is 5.91. The van der Waals surface area contributed by atoms with Crippen molar-refractivity contribution < 1.29 is 0 Å². The summed E-state index contributed by atoms with van der Waals surface area (Å²) in [5, 5.41) is 0. The highest BCUT2D eigenvalue weighted by Gasteiger charge is 2.32. The van der Waals surface area contributed by atoms with Gasteiger partial charge in [-0.25, -0.2) is 0 Å². The Morgan fingerprint density at radius 2 is 0.390 bits per heavy atom. The maximum Gasteiger partial charge on any atom is -0.00104 e. The van der Waals surface area contributed by atoms with Gasteiger partial charge in [-0.05, 0) is 345 Å². The highest BCUT2D eigenvalue weighted by Crippen LogP contribution is 2.51. The zero-order valence-electron chi connectivity index (χ0n) is 80.4. The van der Waals surface area contributed by atoms with Gasteiger partial charge < -0.3 is 0 Å². The number of rotatable bonds is 6. The van der Waals surface area contributed by atoms with Crippen LogP contribution in [-0.4, -0.2) is 0 Å². The molecule has 0 heteroatoms. The Hall–Kier alpha value is -9.36. The Balaban J connectivity index is 0.000000258. The van der Waals surface area contributed by atoms with Gasteiger partial charge in [-0.2, -0.15) is 0 Å². The second-order valence-electron chi connectivity index (χ2n) is 28.3. The largest absolute Gasteiger partial charge is 0.0683 e. The highest BCUT2D eigenvalue weighted by atomic mass is 14.4. The maximum absolute atomic E-state index is 2.48. The van der Waals surface area contributed by atoms with Crippen molar-refractivity contribution in [3.63, 3.8) is 0 Å². The third-order valence-electron chi connectivity index (χ3n) is 23.0. The van der Waals surface area contributed by atoms with Crippen LogP contribution in [0.4, 0.5) is 0 Å². The monoisotopic (exact) mass is 1570 g/mol. The van der Waals surface area contributed by atoms with Crippen molar-refractivity contribution in [1.29, 1.82) is 0 Å². The van der Waals surface area contributed by atoms with Gasteiger partial charge in [-0.3, -0.25) is 0 Å². The van der Waals surface area contributed by atoms with Crippen molar-refractivity contribution in [2.24, 2.45) is 0 Å². The van der Waals surface area contributed by atoms with E-state index in [0.717, 1.165) is 89.9 Å². The summed E-state index contributed by atoms with van der Waals surface area (Å²) in [6.07, 6.45) is 15.4. The van der Waals surface area contributed by atoms with Gasteiger partial charge in [-0.15, -0.1) is 0 Å². The fraction of sp³-hybridized carbons (Fsp3) is 0.390. The number of fused-ring (bicyclic) bond motifs is 26. The molecule has 0 unspecified atom stereocenters. The van der Waals surface area contributed by atoms with Crippen LogP contribution in [0, 0.1) is 13.8 Å². The molecular weight excluding hydrogens is 1420 g/mol. The Morgan fingerprint density at radius 3 is 0.695 bits per heavy atom. The molecule has 0 bridgehead atoms. The minimum atomic E-state index is 1.09. The second-order valence-corrected chi connectivity index (χ2v) is 28.3. The minimum Gasteiger partial charge on any atom is -0.0683 e. The number of hydrogen-bond donors (Lipinski definition) is 0. The molecule has 0 atom stereocenters. The Bertz CT molecular complexity index is 5080. The molecule has 628 valence electrons. The van der Waals surface area contributed by atoms with Gasteiger partial charge in [0.05, 0.1) is 0 Å². The second kappa shape index (κ2) is 49.9. The molecule has 0 aromatic heterocycles. The quantitative estimate of drug-likeness (QED) is 0.156. The first-order valence-corrected chi connectivity index (χ1v) is 47.6. The molecule has 12 aromatic rings. The molecule has 20 rings (SSSR count). The number of benzene rings is 12. The van der Waals surface area contributed by atoms with Crippen molar-refractivity contribution in [1.82, 2.24) is 0 Å². The van der Waals surface area contributed by atoms with Gasteiger partial charge in [0.15, 0.2) is 0 Å². The van der Waals surface area contributed by atoms with E-state index < -0.39 is 0 Å². The smallest absolute Gasteiger partial charge is 0.00104 e. The fourth-order valence-corrected chi connectivity index (χ4v) is 17.7. The van der Waals surface area contributed by atoms with Crippen molar-refractivity contribution in [2.45, 2.75) is 311 Å². The summed E-state index contributed by atoms with van der Waals surface area (Å²) in [6, 6.07) is 75.0. The van der Waals surface area contributed by atoms with E-state index in [9.17, 15) is 0 Å². The topological polar surface area (TPSA) is 0 Å². The number of hydrogen-bond acceptors (Lipinski definition) is 0. The third kappa shape index (κ3) is 20.9. The summed E-state index contributed by atoms with van der Waals surface area (Å²) >= 11 is 0. The first kappa shape index (κ1) is 99.2. The lowest BCUT2D eigenvalue weighted by Gasteiger charge is -2.08. The van der Waals surface area contributed by atoms with Gasteiger partial charge in [0.1, 0.15) is 0 Å². The molecular formula is C118H156. The third-order valence-corrected chi connectivity index (χ3v) is 23.0. The van der Waals surface area contributed by atoms with Gasteiger partial charge >= 0.3 is 0 Å². The molecule has 0 nitrogen and oxygen atoms in total. The van der Waals surface area contributed by atoms with Gasteiger partial charge in [0.2, 0.25) is 0 Å². The van der Waals surface area contributed by atoms with Gasteiger partial charge in [0.25, 0.3) is 0 Å².